The predicted molar refractivity (Wildman–Crippen MR) is 84.1 cm³/mol. The van der Waals surface area contributed by atoms with Gasteiger partial charge in [0.2, 0.25) is 0 Å². The normalized spacial score (nSPS) is 19.1. The molecular formula is C16H25ClN2. The molecule has 1 unspecified atom stereocenters. The van der Waals surface area contributed by atoms with E-state index in [4.69, 9.17) is 11.6 Å². The van der Waals surface area contributed by atoms with E-state index in [1.807, 2.05) is 0 Å². The molecule has 1 fully saturated rings. The van der Waals surface area contributed by atoms with Crippen LogP contribution in [-0.2, 0) is 6.54 Å². The van der Waals surface area contributed by atoms with Gasteiger partial charge in [-0.15, -0.1) is 0 Å². The van der Waals surface area contributed by atoms with Gasteiger partial charge >= 0.3 is 0 Å². The van der Waals surface area contributed by atoms with Crippen LogP contribution in [0.4, 0.5) is 5.69 Å². The molecule has 19 heavy (non-hydrogen) atoms. The van der Waals surface area contributed by atoms with Crippen LogP contribution in [0.25, 0.3) is 0 Å². The second-order valence-electron chi connectivity index (χ2n) is 5.45. The van der Waals surface area contributed by atoms with E-state index in [1.54, 1.807) is 0 Å². The van der Waals surface area contributed by atoms with Crippen molar-refractivity contribution < 1.29 is 0 Å². The first-order valence-electron chi connectivity index (χ1n) is 7.48. The average Bonchev–Trinajstić information content (AvgIpc) is 2.86. The molecule has 1 atom stereocenters. The smallest absolute Gasteiger partial charge is 0.0471 e. The minimum Gasteiger partial charge on any atom is -0.371 e. The number of nitrogens with one attached hydrogen (secondary N) is 1. The molecule has 1 N–H and O–H groups in total. The largest absolute Gasteiger partial charge is 0.371 e. The Morgan fingerprint density at radius 3 is 2.89 bits per heavy atom. The Morgan fingerprint density at radius 1 is 1.37 bits per heavy atom. The first-order chi connectivity index (χ1) is 9.24. The molecule has 2 rings (SSSR count). The number of rotatable bonds is 6. The van der Waals surface area contributed by atoms with Crippen molar-refractivity contribution in [3.05, 3.63) is 28.8 Å². The third-order valence-electron chi connectivity index (χ3n) is 3.95. The minimum atomic E-state index is 0.855. The van der Waals surface area contributed by atoms with Gasteiger partial charge in [0.25, 0.3) is 0 Å². The minimum absolute atomic E-state index is 0.855. The maximum Gasteiger partial charge on any atom is 0.0471 e. The summed E-state index contributed by atoms with van der Waals surface area (Å²) in [6.45, 7) is 8.58. The van der Waals surface area contributed by atoms with E-state index in [0.29, 0.717) is 0 Å². The van der Waals surface area contributed by atoms with Gasteiger partial charge < -0.3 is 10.2 Å². The van der Waals surface area contributed by atoms with Crippen molar-refractivity contribution in [1.29, 1.82) is 0 Å². The van der Waals surface area contributed by atoms with Gasteiger partial charge in [0.1, 0.15) is 0 Å². The first-order valence-corrected chi connectivity index (χ1v) is 7.86. The number of hydrogen-bond acceptors (Lipinski definition) is 2. The fourth-order valence-corrected chi connectivity index (χ4v) is 3.09. The molecule has 1 aromatic carbocycles. The second kappa shape index (κ2) is 7.16. The zero-order chi connectivity index (χ0) is 13.7. The van der Waals surface area contributed by atoms with Crippen LogP contribution in [0, 0.1) is 5.92 Å². The van der Waals surface area contributed by atoms with Crippen LogP contribution in [0.3, 0.4) is 0 Å². The molecule has 1 aliphatic rings. The standard InChI is InChI=1S/C16H25ClN2/c1-3-5-13-8-9-19(12-13)15-7-6-14(11-18-4-2)16(17)10-15/h6-7,10,13,18H,3-5,8-9,11-12H2,1-2H3. The molecule has 0 radical (unpaired) electrons. The van der Waals surface area contributed by atoms with Gasteiger partial charge in [-0.05, 0) is 43.0 Å². The maximum atomic E-state index is 6.37. The molecule has 0 aliphatic carbocycles. The molecular weight excluding hydrogens is 256 g/mol. The first kappa shape index (κ1) is 14.7. The molecule has 3 heteroatoms. The monoisotopic (exact) mass is 280 g/mol. The summed E-state index contributed by atoms with van der Waals surface area (Å²) in [5.74, 6) is 0.866. The van der Waals surface area contributed by atoms with Crippen LogP contribution < -0.4 is 10.2 Å². The van der Waals surface area contributed by atoms with Gasteiger partial charge in [-0.25, -0.2) is 0 Å². The molecule has 0 saturated carbocycles. The summed E-state index contributed by atoms with van der Waals surface area (Å²) in [6, 6.07) is 6.50. The quantitative estimate of drug-likeness (QED) is 0.845. The van der Waals surface area contributed by atoms with Crippen molar-refractivity contribution in [2.45, 2.75) is 39.7 Å². The number of hydrogen-bond donors (Lipinski definition) is 1. The van der Waals surface area contributed by atoms with Crippen LogP contribution in [0.5, 0.6) is 0 Å². The molecule has 1 saturated heterocycles. The lowest BCUT2D eigenvalue weighted by atomic mass is 10.0. The number of benzene rings is 1. The van der Waals surface area contributed by atoms with Crippen molar-refractivity contribution in [3.8, 4) is 0 Å². The van der Waals surface area contributed by atoms with Crippen LogP contribution in [0.1, 0.15) is 38.7 Å². The van der Waals surface area contributed by atoms with E-state index >= 15 is 0 Å². The Kier molecular flexibility index (Phi) is 5.53. The fraction of sp³-hybridized carbons (Fsp3) is 0.625. The maximum absolute atomic E-state index is 6.37. The van der Waals surface area contributed by atoms with Crippen LogP contribution in [0.2, 0.25) is 5.02 Å². The Hall–Kier alpha value is -0.730. The summed E-state index contributed by atoms with van der Waals surface area (Å²) < 4.78 is 0. The lowest BCUT2D eigenvalue weighted by molar-refractivity contribution is 0.530. The highest BCUT2D eigenvalue weighted by atomic mass is 35.5. The summed E-state index contributed by atoms with van der Waals surface area (Å²) >= 11 is 6.37. The molecule has 1 aliphatic heterocycles. The van der Waals surface area contributed by atoms with Gasteiger partial charge in [0.15, 0.2) is 0 Å². The fourth-order valence-electron chi connectivity index (χ4n) is 2.85. The molecule has 0 spiro atoms. The molecule has 106 valence electrons. The van der Waals surface area contributed by atoms with Crippen molar-refractivity contribution in [2.75, 3.05) is 24.5 Å². The molecule has 1 heterocycles. The predicted octanol–water partition coefficient (Wildman–Crippen LogP) is 4.08. The summed E-state index contributed by atoms with van der Waals surface area (Å²) in [4.78, 5) is 2.48. The highest BCUT2D eigenvalue weighted by molar-refractivity contribution is 6.31. The van der Waals surface area contributed by atoms with E-state index in [1.165, 1.54) is 43.6 Å². The summed E-state index contributed by atoms with van der Waals surface area (Å²) in [5.41, 5.74) is 2.47. The second-order valence-corrected chi connectivity index (χ2v) is 5.85. The topological polar surface area (TPSA) is 15.3 Å². The van der Waals surface area contributed by atoms with Gasteiger partial charge in [-0.1, -0.05) is 37.9 Å². The zero-order valence-electron chi connectivity index (χ0n) is 12.1. The Labute approximate surface area is 122 Å². The van der Waals surface area contributed by atoms with E-state index in [0.717, 1.165) is 24.0 Å². The van der Waals surface area contributed by atoms with Gasteiger partial charge in [0, 0.05) is 30.3 Å². The highest BCUT2D eigenvalue weighted by Gasteiger charge is 2.22. The van der Waals surface area contributed by atoms with E-state index in [9.17, 15) is 0 Å². The SMILES string of the molecule is CCCC1CCN(c2ccc(CNCC)c(Cl)c2)C1. The molecule has 2 nitrogen and oxygen atoms in total. The van der Waals surface area contributed by atoms with E-state index in [2.05, 4.69) is 42.3 Å². The number of nitrogens with zero attached hydrogens (tertiary/aromatic N) is 1. The van der Waals surface area contributed by atoms with E-state index in [-0.39, 0.29) is 0 Å². The Bertz CT molecular complexity index is 406. The lowest BCUT2D eigenvalue weighted by Gasteiger charge is -2.20. The average molecular weight is 281 g/mol. The Balaban J connectivity index is 2.00. The summed E-state index contributed by atoms with van der Waals surface area (Å²) in [7, 11) is 0. The third-order valence-corrected chi connectivity index (χ3v) is 4.30. The van der Waals surface area contributed by atoms with Crippen molar-refractivity contribution in [3.63, 3.8) is 0 Å². The van der Waals surface area contributed by atoms with Crippen molar-refractivity contribution >= 4 is 17.3 Å². The van der Waals surface area contributed by atoms with E-state index < -0.39 is 0 Å². The number of anilines is 1. The summed E-state index contributed by atoms with van der Waals surface area (Å²) in [6.07, 6.45) is 3.97. The molecule has 0 aromatic heterocycles. The van der Waals surface area contributed by atoms with Crippen LogP contribution in [0.15, 0.2) is 18.2 Å². The lowest BCUT2D eigenvalue weighted by Crippen LogP contribution is -2.20. The van der Waals surface area contributed by atoms with Gasteiger partial charge in [-0.3, -0.25) is 0 Å². The van der Waals surface area contributed by atoms with Crippen molar-refractivity contribution in [1.82, 2.24) is 5.32 Å². The molecule has 0 bridgehead atoms. The van der Waals surface area contributed by atoms with Crippen LogP contribution in [-0.4, -0.2) is 19.6 Å². The molecule has 0 amide bonds. The summed E-state index contributed by atoms with van der Waals surface area (Å²) in [5, 5.41) is 4.21. The van der Waals surface area contributed by atoms with Gasteiger partial charge in [0.05, 0.1) is 0 Å². The zero-order valence-corrected chi connectivity index (χ0v) is 12.8. The van der Waals surface area contributed by atoms with Crippen LogP contribution >= 0.6 is 11.6 Å². The Morgan fingerprint density at radius 2 is 2.21 bits per heavy atom. The number of halogens is 1. The molecule has 1 aromatic rings. The van der Waals surface area contributed by atoms with Gasteiger partial charge in [-0.2, -0.15) is 0 Å². The highest BCUT2D eigenvalue weighted by Crippen LogP contribution is 2.29. The van der Waals surface area contributed by atoms with Crippen molar-refractivity contribution in [2.24, 2.45) is 5.92 Å². The third kappa shape index (κ3) is 3.87.